The molecule has 0 saturated heterocycles. The van der Waals surface area contributed by atoms with Crippen molar-refractivity contribution in [2.45, 2.75) is 18.8 Å². The zero-order valence-electron chi connectivity index (χ0n) is 18.9. The highest BCUT2D eigenvalue weighted by atomic mass is 35.5. The zero-order valence-corrected chi connectivity index (χ0v) is 20.4. The summed E-state index contributed by atoms with van der Waals surface area (Å²) >= 11 is 12.6. The van der Waals surface area contributed by atoms with Gasteiger partial charge < -0.3 is 10.4 Å². The van der Waals surface area contributed by atoms with E-state index in [-0.39, 0.29) is 22.2 Å². The Bertz CT molecular complexity index is 1340. The van der Waals surface area contributed by atoms with Crippen LogP contribution in [-0.2, 0) is 0 Å². The fourth-order valence-corrected chi connectivity index (χ4v) is 4.67. The maximum atomic E-state index is 13.1. The minimum absolute atomic E-state index is 0.0810. The van der Waals surface area contributed by atoms with Crippen LogP contribution in [0, 0.1) is 0 Å². The minimum Gasteiger partial charge on any atom is -0.478 e. The van der Waals surface area contributed by atoms with E-state index in [4.69, 9.17) is 23.2 Å². The smallest absolute Gasteiger partial charge is 0.336 e. The molecule has 0 saturated carbocycles. The van der Waals surface area contributed by atoms with Crippen LogP contribution in [-0.4, -0.2) is 17.0 Å². The molecule has 1 amide bonds. The van der Waals surface area contributed by atoms with E-state index < -0.39 is 17.8 Å². The second kappa shape index (κ2) is 10.8. The van der Waals surface area contributed by atoms with Crippen molar-refractivity contribution in [1.82, 2.24) is 0 Å². The quantitative estimate of drug-likeness (QED) is 0.269. The third kappa shape index (κ3) is 5.40. The summed E-state index contributed by atoms with van der Waals surface area (Å²) in [4.78, 5) is 25.6. The zero-order chi connectivity index (χ0) is 24.9. The molecule has 4 nitrogen and oxygen atoms in total. The second-order valence-corrected chi connectivity index (χ2v) is 9.08. The van der Waals surface area contributed by atoms with Crippen molar-refractivity contribution in [2.24, 2.45) is 0 Å². The van der Waals surface area contributed by atoms with Gasteiger partial charge in [0, 0.05) is 16.5 Å². The van der Waals surface area contributed by atoms with E-state index >= 15 is 0 Å². The highest BCUT2D eigenvalue weighted by Gasteiger charge is 2.31. The molecule has 0 aromatic heterocycles. The van der Waals surface area contributed by atoms with E-state index in [1.165, 1.54) is 12.1 Å². The van der Waals surface area contributed by atoms with E-state index in [0.29, 0.717) is 16.1 Å². The summed E-state index contributed by atoms with van der Waals surface area (Å²) in [5.41, 5.74) is 3.14. The van der Waals surface area contributed by atoms with Gasteiger partial charge >= 0.3 is 5.97 Å². The first-order valence-corrected chi connectivity index (χ1v) is 11.8. The maximum Gasteiger partial charge on any atom is 0.336 e. The first kappa shape index (κ1) is 24.5. The highest BCUT2D eigenvalue weighted by molar-refractivity contribution is 6.34. The van der Waals surface area contributed by atoms with Crippen LogP contribution in [0.25, 0.3) is 0 Å². The number of anilines is 1. The lowest BCUT2D eigenvalue weighted by Gasteiger charge is -2.29. The molecule has 0 aliphatic heterocycles. The maximum absolute atomic E-state index is 13.1. The van der Waals surface area contributed by atoms with Crippen LogP contribution in [0.4, 0.5) is 5.69 Å². The van der Waals surface area contributed by atoms with Gasteiger partial charge in [0.1, 0.15) is 0 Å². The molecule has 0 fully saturated rings. The van der Waals surface area contributed by atoms with E-state index in [2.05, 4.69) is 5.32 Å². The Hall–Kier alpha value is -3.60. The molecular weight excluding hydrogens is 481 g/mol. The normalized spacial score (nSPS) is 12.5. The number of rotatable bonds is 7. The van der Waals surface area contributed by atoms with Gasteiger partial charge in [-0.05, 0) is 59.0 Å². The highest BCUT2D eigenvalue weighted by Crippen LogP contribution is 2.45. The predicted molar refractivity (Wildman–Crippen MR) is 141 cm³/mol. The number of carboxylic acids is 1. The Morgan fingerprint density at radius 2 is 1.34 bits per heavy atom. The Balaban J connectivity index is 1.92. The van der Waals surface area contributed by atoms with Gasteiger partial charge in [-0.1, -0.05) is 90.8 Å². The van der Waals surface area contributed by atoms with Crippen molar-refractivity contribution in [1.29, 1.82) is 0 Å². The number of aromatic carboxylic acids is 1. The molecule has 0 aliphatic rings. The molecule has 2 unspecified atom stereocenters. The van der Waals surface area contributed by atoms with Gasteiger partial charge in [0.25, 0.3) is 5.91 Å². The molecule has 176 valence electrons. The molecular formula is C29H23Cl2NO3. The van der Waals surface area contributed by atoms with Crippen LogP contribution in [0.1, 0.15) is 56.2 Å². The third-order valence-electron chi connectivity index (χ3n) is 6.07. The predicted octanol–water partition coefficient (Wildman–Crippen LogP) is 7.88. The van der Waals surface area contributed by atoms with Crippen LogP contribution in [0.5, 0.6) is 0 Å². The largest absolute Gasteiger partial charge is 0.478 e. The summed E-state index contributed by atoms with van der Waals surface area (Å²) in [6, 6.07) is 29.0. The lowest BCUT2D eigenvalue weighted by atomic mass is 9.76. The van der Waals surface area contributed by atoms with E-state index in [9.17, 15) is 14.7 Å². The lowest BCUT2D eigenvalue weighted by Crippen LogP contribution is -2.20. The fraction of sp³-hybridized carbons (Fsp3) is 0.103. The Labute approximate surface area is 214 Å². The number of hydrogen-bond donors (Lipinski definition) is 2. The standard InChI is InChI=1S/C29H23Cl2NO3/c1-18(19-8-4-2-5-9-19)25(20-10-6-3-7-11-20)26-23(29(34)35)16-17-24(31)27(26)32-28(33)21-12-14-22(30)15-13-21/h2-18,25H,1H3,(H,32,33)(H,34,35). The summed E-state index contributed by atoms with van der Waals surface area (Å²) in [7, 11) is 0. The molecule has 2 N–H and O–H groups in total. The van der Waals surface area contributed by atoms with Crippen LogP contribution in [0.3, 0.4) is 0 Å². The van der Waals surface area contributed by atoms with Gasteiger partial charge in [0.15, 0.2) is 0 Å². The first-order valence-electron chi connectivity index (χ1n) is 11.1. The van der Waals surface area contributed by atoms with E-state index in [1.807, 2.05) is 67.6 Å². The first-order chi connectivity index (χ1) is 16.9. The summed E-state index contributed by atoms with van der Waals surface area (Å²) in [5, 5.41) is 13.8. The Morgan fingerprint density at radius 3 is 1.91 bits per heavy atom. The number of carboxylic acid groups (broad SMARTS) is 1. The number of amides is 1. The molecule has 0 spiro atoms. The van der Waals surface area contributed by atoms with Gasteiger partial charge in [0.2, 0.25) is 0 Å². The van der Waals surface area contributed by atoms with Gasteiger partial charge in [0.05, 0.1) is 16.3 Å². The Morgan fingerprint density at radius 1 is 0.771 bits per heavy atom. The van der Waals surface area contributed by atoms with Crippen molar-refractivity contribution < 1.29 is 14.7 Å². The number of nitrogens with one attached hydrogen (secondary N) is 1. The summed E-state index contributed by atoms with van der Waals surface area (Å²) in [6.45, 7) is 2.05. The van der Waals surface area contributed by atoms with Gasteiger partial charge in [-0.25, -0.2) is 4.79 Å². The van der Waals surface area contributed by atoms with Crippen molar-refractivity contribution in [3.05, 3.63) is 135 Å². The fourth-order valence-electron chi connectivity index (χ4n) is 4.33. The van der Waals surface area contributed by atoms with Gasteiger partial charge in [-0.2, -0.15) is 0 Å². The second-order valence-electron chi connectivity index (χ2n) is 8.24. The van der Waals surface area contributed by atoms with E-state index in [0.717, 1.165) is 11.1 Å². The molecule has 4 rings (SSSR count). The van der Waals surface area contributed by atoms with E-state index in [1.54, 1.807) is 24.3 Å². The molecule has 4 aromatic carbocycles. The average Bonchev–Trinajstić information content (AvgIpc) is 2.87. The molecule has 35 heavy (non-hydrogen) atoms. The summed E-state index contributed by atoms with van der Waals surface area (Å²) in [5.74, 6) is -2.03. The van der Waals surface area contributed by atoms with Gasteiger partial charge in [-0.15, -0.1) is 0 Å². The third-order valence-corrected chi connectivity index (χ3v) is 6.63. The number of halogens is 2. The summed E-state index contributed by atoms with van der Waals surface area (Å²) < 4.78 is 0. The van der Waals surface area contributed by atoms with Crippen molar-refractivity contribution in [3.8, 4) is 0 Å². The molecule has 0 radical (unpaired) electrons. The SMILES string of the molecule is CC(c1ccccc1)C(c1ccccc1)c1c(C(=O)O)ccc(Cl)c1NC(=O)c1ccc(Cl)cc1. The van der Waals surface area contributed by atoms with Crippen LogP contribution in [0.15, 0.2) is 97.1 Å². The topological polar surface area (TPSA) is 66.4 Å². The van der Waals surface area contributed by atoms with Crippen LogP contribution in [0.2, 0.25) is 10.0 Å². The van der Waals surface area contributed by atoms with Gasteiger partial charge in [-0.3, -0.25) is 4.79 Å². The Kier molecular flexibility index (Phi) is 7.54. The number of benzene rings is 4. The molecule has 0 aliphatic carbocycles. The average molecular weight is 504 g/mol. The minimum atomic E-state index is -1.10. The van der Waals surface area contributed by atoms with Crippen molar-refractivity contribution >= 4 is 40.8 Å². The molecule has 4 aromatic rings. The van der Waals surface area contributed by atoms with Crippen LogP contribution < -0.4 is 5.32 Å². The summed E-state index contributed by atoms with van der Waals surface area (Å²) in [6.07, 6.45) is 0. The van der Waals surface area contributed by atoms with Crippen LogP contribution >= 0.6 is 23.2 Å². The monoisotopic (exact) mass is 503 g/mol. The molecule has 0 bridgehead atoms. The number of carbonyl (C=O) groups excluding carboxylic acids is 1. The lowest BCUT2D eigenvalue weighted by molar-refractivity contribution is 0.0695. The number of hydrogen-bond acceptors (Lipinski definition) is 2. The van der Waals surface area contributed by atoms with Crippen molar-refractivity contribution in [3.63, 3.8) is 0 Å². The number of carbonyl (C=O) groups is 2. The van der Waals surface area contributed by atoms with Crippen molar-refractivity contribution in [2.75, 3.05) is 5.32 Å². The molecule has 2 atom stereocenters. The molecule has 6 heteroatoms. The molecule has 0 heterocycles.